The average Bonchev–Trinajstić information content (AvgIpc) is 2.45. The van der Waals surface area contributed by atoms with E-state index in [1.54, 1.807) is 0 Å². The molecule has 0 aliphatic heterocycles. The molecule has 0 atom stereocenters. The van der Waals surface area contributed by atoms with Gasteiger partial charge in [-0.25, -0.2) is 0 Å². The molecule has 0 bridgehead atoms. The minimum Gasteiger partial charge on any atom is -0.513 e. The number of allylic oxidation sites excluding steroid dienone is 1. The highest BCUT2D eigenvalue weighted by Crippen LogP contribution is 2.14. The Morgan fingerprint density at radius 1 is 0.955 bits per heavy atom. The highest BCUT2D eigenvalue weighted by molar-refractivity contribution is 5.25. The molecule has 0 fully saturated rings. The molecule has 0 spiro atoms. The van der Waals surface area contributed by atoms with Crippen molar-refractivity contribution in [2.75, 3.05) is 0 Å². The summed E-state index contributed by atoms with van der Waals surface area (Å²) >= 11 is 0. The molecule has 0 radical (unpaired) electrons. The fourth-order valence-electron chi connectivity index (χ4n) is 2.90. The van der Waals surface area contributed by atoms with Crippen LogP contribution in [-0.4, -0.2) is 5.11 Å². The molecule has 0 saturated carbocycles. The Morgan fingerprint density at radius 2 is 1.55 bits per heavy atom. The predicted octanol–water partition coefficient (Wildman–Crippen LogP) is 6.62. The van der Waals surface area contributed by atoms with Gasteiger partial charge < -0.3 is 5.11 Å². The van der Waals surface area contributed by atoms with Gasteiger partial charge in [0.25, 0.3) is 0 Å². The van der Waals surface area contributed by atoms with Crippen LogP contribution < -0.4 is 0 Å². The number of hydrogen-bond donors (Lipinski definition) is 1. The molecule has 22 heavy (non-hydrogen) atoms. The second-order valence-corrected chi connectivity index (χ2v) is 6.97. The Labute approximate surface area is 137 Å². The summed E-state index contributed by atoms with van der Waals surface area (Å²) in [5.74, 6) is 1.10. The number of unbranched alkanes of at least 4 members (excludes halogenated alkanes) is 6. The lowest BCUT2D eigenvalue weighted by molar-refractivity contribution is 0.401. The fraction of sp³-hybridized carbons (Fsp3) is 0.619. The third-order valence-electron chi connectivity index (χ3n) is 4.15. The van der Waals surface area contributed by atoms with E-state index >= 15 is 0 Å². The van der Waals surface area contributed by atoms with E-state index in [1.807, 2.05) is 0 Å². The Balaban J connectivity index is 2.06. The van der Waals surface area contributed by atoms with Crippen LogP contribution in [-0.2, 0) is 12.8 Å². The van der Waals surface area contributed by atoms with Crippen LogP contribution in [0.2, 0.25) is 0 Å². The predicted molar refractivity (Wildman–Crippen MR) is 97.4 cm³/mol. The van der Waals surface area contributed by atoms with Crippen LogP contribution in [0.25, 0.3) is 0 Å². The fourth-order valence-corrected chi connectivity index (χ4v) is 2.90. The van der Waals surface area contributed by atoms with Gasteiger partial charge in [0.05, 0.1) is 5.76 Å². The smallest absolute Gasteiger partial charge is 0.0894 e. The Bertz CT molecular complexity index is 420. The van der Waals surface area contributed by atoms with Crippen LogP contribution in [0, 0.1) is 5.92 Å². The first-order chi connectivity index (χ1) is 10.6. The molecule has 1 N–H and O–H groups in total. The van der Waals surface area contributed by atoms with Crippen molar-refractivity contribution in [3.05, 3.63) is 47.7 Å². The normalized spacial score (nSPS) is 11.0. The van der Waals surface area contributed by atoms with Crippen molar-refractivity contribution >= 4 is 0 Å². The van der Waals surface area contributed by atoms with E-state index in [2.05, 4.69) is 44.7 Å². The molecular formula is C21H34O. The number of aliphatic hydroxyl groups is 1. The first-order valence-electron chi connectivity index (χ1n) is 9.02. The van der Waals surface area contributed by atoms with Gasteiger partial charge in [-0.1, -0.05) is 89.6 Å². The van der Waals surface area contributed by atoms with Gasteiger partial charge in [-0.2, -0.15) is 0 Å². The van der Waals surface area contributed by atoms with E-state index in [-0.39, 0.29) is 5.76 Å². The summed E-state index contributed by atoms with van der Waals surface area (Å²) < 4.78 is 0. The van der Waals surface area contributed by atoms with Crippen molar-refractivity contribution < 1.29 is 5.11 Å². The maximum Gasteiger partial charge on any atom is 0.0894 e. The maximum atomic E-state index is 9.27. The monoisotopic (exact) mass is 302 g/mol. The maximum absolute atomic E-state index is 9.27. The molecule has 0 amide bonds. The highest BCUT2D eigenvalue weighted by atomic mass is 16.3. The molecule has 1 aromatic rings. The summed E-state index contributed by atoms with van der Waals surface area (Å²) in [5, 5.41) is 9.27. The van der Waals surface area contributed by atoms with Crippen LogP contribution in [0.3, 0.4) is 0 Å². The molecule has 0 aliphatic carbocycles. The molecule has 0 aromatic heterocycles. The molecular weight excluding hydrogens is 268 g/mol. The summed E-state index contributed by atoms with van der Waals surface area (Å²) in [7, 11) is 0. The zero-order valence-electron chi connectivity index (χ0n) is 14.6. The molecule has 1 nitrogen and oxygen atoms in total. The second kappa shape index (κ2) is 11.3. The lowest BCUT2D eigenvalue weighted by atomic mass is 10.0. The topological polar surface area (TPSA) is 20.2 Å². The summed E-state index contributed by atoms with van der Waals surface area (Å²) in [6.45, 7) is 8.18. The van der Waals surface area contributed by atoms with Gasteiger partial charge in [-0.3, -0.25) is 0 Å². The van der Waals surface area contributed by atoms with Gasteiger partial charge in [-0.05, 0) is 29.9 Å². The van der Waals surface area contributed by atoms with Gasteiger partial charge >= 0.3 is 0 Å². The molecule has 0 heterocycles. The summed E-state index contributed by atoms with van der Waals surface area (Å²) in [6.07, 6.45) is 12.7. The van der Waals surface area contributed by atoms with Crippen molar-refractivity contribution in [3.8, 4) is 0 Å². The van der Waals surface area contributed by atoms with E-state index in [0.29, 0.717) is 6.42 Å². The molecule has 0 aliphatic rings. The van der Waals surface area contributed by atoms with E-state index < -0.39 is 0 Å². The highest BCUT2D eigenvalue weighted by Gasteiger charge is 1.99. The van der Waals surface area contributed by atoms with Gasteiger partial charge in [0, 0.05) is 6.42 Å². The van der Waals surface area contributed by atoms with Crippen LogP contribution in [0.1, 0.15) is 76.3 Å². The first kappa shape index (κ1) is 18.8. The first-order valence-corrected chi connectivity index (χ1v) is 9.02. The summed E-state index contributed by atoms with van der Waals surface area (Å²) in [6, 6.07) is 8.53. The van der Waals surface area contributed by atoms with Gasteiger partial charge in [0.2, 0.25) is 0 Å². The van der Waals surface area contributed by atoms with Crippen molar-refractivity contribution in [3.63, 3.8) is 0 Å². The van der Waals surface area contributed by atoms with Gasteiger partial charge in [-0.15, -0.1) is 0 Å². The minimum absolute atomic E-state index is 0.245. The Hall–Kier alpha value is -1.24. The van der Waals surface area contributed by atoms with E-state index in [4.69, 9.17) is 0 Å². The Kier molecular flexibility index (Phi) is 9.70. The second-order valence-electron chi connectivity index (χ2n) is 6.97. The van der Waals surface area contributed by atoms with Crippen molar-refractivity contribution in [1.29, 1.82) is 0 Å². The molecule has 0 saturated heterocycles. The Morgan fingerprint density at radius 3 is 2.18 bits per heavy atom. The van der Waals surface area contributed by atoms with Gasteiger partial charge in [0.15, 0.2) is 0 Å². The average molecular weight is 303 g/mol. The standard InChI is InChI=1S/C21H34O/c1-18(2)12-9-7-5-4-6-8-10-13-20-14-11-15-21(17-20)16-19(3)22/h11,14-15,17-18,22H,3-10,12-13,16H2,1-2H3. The van der Waals surface area contributed by atoms with Crippen molar-refractivity contribution in [2.24, 2.45) is 5.92 Å². The van der Waals surface area contributed by atoms with Crippen molar-refractivity contribution in [1.82, 2.24) is 0 Å². The number of benzene rings is 1. The van der Waals surface area contributed by atoms with E-state index in [0.717, 1.165) is 17.9 Å². The third-order valence-corrected chi connectivity index (χ3v) is 4.15. The summed E-state index contributed by atoms with van der Waals surface area (Å²) in [5.41, 5.74) is 2.55. The van der Waals surface area contributed by atoms with Crippen LogP contribution >= 0.6 is 0 Å². The number of aryl methyl sites for hydroxylation is 1. The van der Waals surface area contributed by atoms with Crippen LogP contribution in [0.4, 0.5) is 0 Å². The zero-order valence-corrected chi connectivity index (χ0v) is 14.6. The molecule has 1 aromatic carbocycles. The van der Waals surface area contributed by atoms with E-state index in [9.17, 15) is 5.11 Å². The van der Waals surface area contributed by atoms with E-state index in [1.165, 1.54) is 56.9 Å². The molecule has 1 heteroatoms. The molecule has 0 unspecified atom stereocenters. The van der Waals surface area contributed by atoms with Gasteiger partial charge in [0.1, 0.15) is 0 Å². The molecule has 124 valence electrons. The lowest BCUT2D eigenvalue weighted by Gasteiger charge is -2.06. The largest absolute Gasteiger partial charge is 0.513 e. The van der Waals surface area contributed by atoms with Crippen LogP contribution in [0.15, 0.2) is 36.6 Å². The zero-order chi connectivity index (χ0) is 16.2. The SMILES string of the molecule is C=C(O)Cc1cccc(CCCCCCCCCC(C)C)c1. The number of rotatable bonds is 12. The quantitative estimate of drug-likeness (QED) is 0.340. The van der Waals surface area contributed by atoms with Crippen LogP contribution in [0.5, 0.6) is 0 Å². The number of aliphatic hydroxyl groups excluding tert-OH is 1. The van der Waals surface area contributed by atoms with Crippen molar-refractivity contribution in [2.45, 2.75) is 78.1 Å². The number of hydrogen-bond acceptors (Lipinski definition) is 1. The summed E-state index contributed by atoms with van der Waals surface area (Å²) in [4.78, 5) is 0. The third kappa shape index (κ3) is 9.65. The minimum atomic E-state index is 0.245. The molecule has 1 rings (SSSR count). The lowest BCUT2D eigenvalue weighted by Crippen LogP contribution is -1.92.